The Morgan fingerprint density at radius 1 is 1.22 bits per heavy atom. The molecule has 11 heteroatoms. The van der Waals surface area contributed by atoms with Crippen molar-refractivity contribution in [1.82, 2.24) is 20.3 Å². The molecule has 3 aromatic rings. The number of hydrogen-bond acceptors (Lipinski definition) is 8. The van der Waals surface area contributed by atoms with Gasteiger partial charge in [0.15, 0.2) is 30.1 Å². The number of fused-ring (bicyclic) bond motifs is 1. The summed E-state index contributed by atoms with van der Waals surface area (Å²) in [7, 11) is 1.56. The minimum atomic E-state index is -0.728. The molecule has 0 fully saturated rings. The molecule has 2 aliphatic rings. The van der Waals surface area contributed by atoms with Gasteiger partial charge in [0.25, 0.3) is 0 Å². The minimum Gasteiger partial charge on any atom is -0.490 e. The van der Waals surface area contributed by atoms with E-state index in [-0.39, 0.29) is 11.4 Å². The Morgan fingerprint density at radius 2 is 2.11 bits per heavy atom. The highest BCUT2D eigenvalue weighted by Crippen LogP contribution is 2.39. The van der Waals surface area contributed by atoms with Crippen molar-refractivity contribution < 1.29 is 22.8 Å². The van der Waals surface area contributed by atoms with E-state index in [1.165, 1.54) is 6.33 Å². The Hall–Kier alpha value is -4.38. The number of nitrogens with one attached hydrogen (secondary N) is 2. The molecule has 0 bridgehead atoms. The van der Waals surface area contributed by atoms with Gasteiger partial charge in [0.1, 0.15) is 17.9 Å². The minimum absolute atomic E-state index is 0.0948. The van der Waals surface area contributed by atoms with Gasteiger partial charge in [0, 0.05) is 30.6 Å². The van der Waals surface area contributed by atoms with Crippen LogP contribution in [0, 0.1) is 11.6 Å². The average molecular weight is 507 g/mol. The van der Waals surface area contributed by atoms with Crippen LogP contribution < -0.4 is 20.1 Å². The number of allylic oxidation sites excluding steroid dienone is 1. The van der Waals surface area contributed by atoms with Gasteiger partial charge < -0.3 is 20.1 Å². The second kappa shape index (κ2) is 10.7. The lowest BCUT2D eigenvalue weighted by Crippen LogP contribution is -2.33. The molecule has 190 valence electrons. The van der Waals surface area contributed by atoms with Gasteiger partial charge in [0.2, 0.25) is 11.4 Å². The number of ether oxygens (including phenoxy) is 2. The third kappa shape index (κ3) is 5.12. The molecule has 5 rings (SSSR count). The van der Waals surface area contributed by atoms with Crippen LogP contribution in [0.15, 0.2) is 59.8 Å². The fourth-order valence-electron chi connectivity index (χ4n) is 4.16. The molecule has 37 heavy (non-hydrogen) atoms. The van der Waals surface area contributed by atoms with Crippen molar-refractivity contribution in [2.75, 3.05) is 38.6 Å². The van der Waals surface area contributed by atoms with Gasteiger partial charge in [-0.15, -0.1) is 0 Å². The van der Waals surface area contributed by atoms with E-state index in [2.05, 4.69) is 30.3 Å². The van der Waals surface area contributed by atoms with E-state index >= 15 is 4.39 Å². The molecule has 0 aliphatic carbocycles. The van der Waals surface area contributed by atoms with E-state index < -0.39 is 11.6 Å². The molecule has 1 aromatic heterocycles. The highest BCUT2D eigenvalue weighted by molar-refractivity contribution is 5.98. The van der Waals surface area contributed by atoms with Crippen molar-refractivity contribution in [3.63, 3.8) is 0 Å². The van der Waals surface area contributed by atoms with E-state index in [0.29, 0.717) is 34.8 Å². The van der Waals surface area contributed by atoms with E-state index in [0.717, 1.165) is 37.5 Å². The highest BCUT2D eigenvalue weighted by atomic mass is 19.1. The molecular formula is C26H26F2N7O2+. The van der Waals surface area contributed by atoms with Gasteiger partial charge in [-0.2, -0.15) is 9.68 Å². The van der Waals surface area contributed by atoms with Crippen LogP contribution in [0.1, 0.15) is 6.92 Å². The van der Waals surface area contributed by atoms with E-state index in [1.54, 1.807) is 36.7 Å². The predicted octanol–water partition coefficient (Wildman–Crippen LogP) is 4.08. The Bertz CT molecular complexity index is 1450. The first-order valence-corrected chi connectivity index (χ1v) is 11.8. The van der Waals surface area contributed by atoms with E-state index in [9.17, 15) is 4.39 Å². The summed E-state index contributed by atoms with van der Waals surface area (Å²) in [6.07, 6.45) is 10.1. The van der Waals surface area contributed by atoms with Gasteiger partial charge in [-0.05, 0) is 25.1 Å². The monoisotopic (exact) mass is 506 g/mol. The van der Waals surface area contributed by atoms with Gasteiger partial charge in [-0.25, -0.2) is 18.7 Å². The second-order valence-corrected chi connectivity index (χ2v) is 8.22. The quantitative estimate of drug-likeness (QED) is 0.369. The number of hydrogen-bond donors (Lipinski definition) is 2. The molecule has 0 saturated heterocycles. The lowest BCUT2D eigenvalue weighted by molar-refractivity contribution is -0.438. The van der Waals surface area contributed by atoms with Crippen LogP contribution in [0.4, 0.5) is 26.0 Å². The molecule has 9 nitrogen and oxygen atoms in total. The number of aromatic nitrogens is 2. The Balaban J connectivity index is 1.45. The lowest BCUT2D eigenvalue weighted by Gasteiger charge is -2.18. The highest BCUT2D eigenvalue weighted by Gasteiger charge is 2.24. The van der Waals surface area contributed by atoms with E-state index in [1.807, 2.05) is 25.3 Å². The number of hydrazone groups is 1. The van der Waals surface area contributed by atoms with Crippen LogP contribution in [0.2, 0.25) is 0 Å². The maximum absolute atomic E-state index is 15.1. The maximum Gasteiger partial charge on any atom is 0.248 e. The predicted molar refractivity (Wildman–Crippen MR) is 138 cm³/mol. The lowest BCUT2D eigenvalue weighted by atomic mass is 10.1. The summed E-state index contributed by atoms with van der Waals surface area (Å²) in [5.74, 6) is -0.435. The Morgan fingerprint density at radius 3 is 2.84 bits per heavy atom. The fourth-order valence-corrected chi connectivity index (χ4v) is 4.16. The van der Waals surface area contributed by atoms with Crippen LogP contribution >= 0.6 is 0 Å². The fraction of sp³-hybridized carbons (Fsp3) is 0.231. The summed E-state index contributed by atoms with van der Waals surface area (Å²) in [4.78, 5) is 8.64. The molecular weight excluding hydrogens is 480 g/mol. The maximum atomic E-state index is 15.1. The van der Waals surface area contributed by atoms with Crippen molar-refractivity contribution in [2.24, 2.45) is 5.10 Å². The van der Waals surface area contributed by atoms with Gasteiger partial charge in [-0.1, -0.05) is 0 Å². The first kappa shape index (κ1) is 24.3. The van der Waals surface area contributed by atoms with Crippen molar-refractivity contribution in [2.45, 2.75) is 6.92 Å². The molecule has 0 radical (unpaired) electrons. The molecule has 0 unspecified atom stereocenters. The molecule has 2 N–H and O–H groups in total. The zero-order valence-electron chi connectivity index (χ0n) is 20.4. The third-order valence-electron chi connectivity index (χ3n) is 5.89. The number of rotatable bonds is 7. The summed E-state index contributed by atoms with van der Waals surface area (Å²) >= 11 is 0. The van der Waals surface area contributed by atoms with Crippen LogP contribution in [0.3, 0.4) is 0 Å². The SMILES string of the molecule is C/C=N\N1C=CC(Oc2cc(F)c(Nc3ncnc4ccc([N+]5=CCNCC5)c(OC)c34)cc2F)=CC1. The molecule has 0 atom stereocenters. The summed E-state index contributed by atoms with van der Waals surface area (Å²) in [5.41, 5.74) is 1.34. The second-order valence-electron chi connectivity index (χ2n) is 8.22. The van der Waals surface area contributed by atoms with Crippen LogP contribution in [0.5, 0.6) is 11.5 Å². The number of methoxy groups -OCH3 is 1. The number of anilines is 2. The van der Waals surface area contributed by atoms with Crippen molar-refractivity contribution in [3.05, 3.63) is 66.3 Å². The first-order valence-electron chi connectivity index (χ1n) is 11.8. The zero-order valence-corrected chi connectivity index (χ0v) is 20.4. The number of nitrogens with zero attached hydrogens (tertiary/aromatic N) is 5. The van der Waals surface area contributed by atoms with Crippen LogP contribution in [0.25, 0.3) is 10.9 Å². The van der Waals surface area contributed by atoms with Crippen LogP contribution in [-0.4, -0.2) is 65.3 Å². The Labute approximate surface area is 212 Å². The summed E-state index contributed by atoms with van der Waals surface area (Å²) < 4.78 is 43.5. The molecule has 0 spiro atoms. The van der Waals surface area contributed by atoms with Gasteiger partial charge in [-0.3, -0.25) is 5.01 Å². The summed E-state index contributed by atoms with van der Waals surface area (Å²) in [6.45, 7) is 4.58. The first-order chi connectivity index (χ1) is 18.1. The topological polar surface area (TPSA) is 86.9 Å². The number of halogens is 2. The molecule has 0 saturated carbocycles. The summed E-state index contributed by atoms with van der Waals surface area (Å²) in [5, 5.41) is 12.6. The zero-order chi connectivity index (χ0) is 25.8. The van der Waals surface area contributed by atoms with Crippen LogP contribution in [-0.2, 0) is 0 Å². The number of benzene rings is 2. The molecule has 0 amide bonds. The smallest absolute Gasteiger partial charge is 0.248 e. The normalized spacial score (nSPS) is 15.6. The van der Waals surface area contributed by atoms with Crippen molar-refractivity contribution in [1.29, 1.82) is 0 Å². The largest absolute Gasteiger partial charge is 0.490 e. The molecule has 2 aromatic carbocycles. The Kier molecular flexibility index (Phi) is 7.04. The van der Waals surface area contributed by atoms with Crippen molar-refractivity contribution in [3.8, 4) is 11.5 Å². The summed E-state index contributed by atoms with van der Waals surface area (Å²) in [6, 6.07) is 5.82. The standard InChI is InChI=1S/C26H26F2N7O2/c1-3-32-35-10-6-17(7-11-35)37-23-15-18(27)21(14-19(23)28)33-26-24-20(30-16-31-26)4-5-22(25(24)36-2)34-12-8-29-9-13-34/h3-7,10,12,14-16,29H,8-9,11,13H2,1-2H3,(H,30,31,33)/q+1/b32-3-. The van der Waals surface area contributed by atoms with E-state index in [4.69, 9.17) is 9.47 Å². The van der Waals surface area contributed by atoms with Crippen molar-refractivity contribution >= 4 is 40.5 Å². The third-order valence-corrected chi connectivity index (χ3v) is 5.89. The molecule has 2 aliphatic heterocycles. The molecule has 3 heterocycles. The van der Waals surface area contributed by atoms with Gasteiger partial charge >= 0.3 is 0 Å². The average Bonchev–Trinajstić information content (AvgIpc) is 2.92. The van der Waals surface area contributed by atoms with Gasteiger partial charge in [0.05, 0.1) is 43.3 Å².